The van der Waals surface area contributed by atoms with E-state index in [1.807, 2.05) is 18.2 Å². The molecule has 0 atom stereocenters. The fourth-order valence-corrected chi connectivity index (χ4v) is 1.93. The van der Waals surface area contributed by atoms with Gasteiger partial charge in [0, 0.05) is 19.6 Å². The van der Waals surface area contributed by atoms with Gasteiger partial charge in [0.1, 0.15) is 12.4 Å². The Hall–Kier alpha value is -1.03. The summed E-state index contributed by atoms with van der Waals surface area (Å²) in [6.07, 6.45) is 4.26. The number of halogens is 1. The normalized spacial score (nSPS) is 16.3. The predicted molar refractivity (Wildman–Crippen MR) is 80.3 cm³/mol. The van der Waals surface area contributed by atoms with Crippen LogP contribution in [0.4, 0.5) is 0 Å². The average molecular weight is 284 g/mol. The minimum absolute atomic E-state index is 0. The van der Waals surface area contributed by atoms with E-state index in [0.717, 1.165) is 38.6 Å². The monoisotopic (exact) mass is 283 g/mol. The van der Waals surface area contributed by atoms with Crippen LogP contribution in [0, 0.1) is 6.92 Å². The number of ether oxygens (including phenoxy) is 2. The molecule has 1 aromatic carbocycles. The van der Waals surface area contributed by atoms with Gasteiger partial charge in [0.15, 0.2) is 0 Å². The highest BCUT2D eigenvalue weighted by atomic mass is 35.5. The van der Waals surface area contributed by atoms with Crippen LogP contribution < -0.4 is 4.74 Å². The van der Waals surface area contributed by atoms with Crippen molar-refractivity contribution in [3.05, 3.63) is 42.0 Å². The van der Waals surface area contributed by atoms with Gasteiger partial charge < -0.3 is 9.47 Å². The first-order valence-corrected chi connectivity index (χ1v) is 6.50. The first-order chi connectivity index (χ1) is 8.86. The van der Waals surface area contributed by atoms with E-state index < -0.39 is 0 Å². The molecule has 0 radical (unpaired) electrons. The molecule has 2 rings (SSSR count). The van der Waals surface area contributed by atoms with Crippen LogP contribution in [0.25, 0.3) is 0 Å². The second-order valence-corrected chi connectivity index (χ2v) is 4.46. The van der Waals surface area contributed by atoms with Crippen LogP contribution in [0.15, 0.2) is 36.4 Å². The first-order valence-electron chi connectivity index (χ1n) is 6.50. The zero-order chi connectivity index (χ0) is 12.6. The van der Waals surface area contributed by atoms with Gasteiger partial charge in [0.2, 0.25) is 0 Å². The summed E-state index contributed by atoms with van der Waals surface area (Å²) in [5.74, 6) is 0.966. The third-order valence-electron chi connectivity index (χ3n) is 3.06. The van der Waals surface area contributed by atoms with Crippen molar-refractivity contribution in [2.24, 2.45) is 0 Å². The van der Waals surface area contributed by atoms with Gasteiger partial charge in [-0.2, -0.15) is 0 Å². The summed E-state index contributed by atoms with van der Waals surface area (Å²) in [7, 11) is 0. The smallest absolute Gasteiger partial charge is 0.122 e. The van der Waals surface area contributed by atoms with Gasteiger partial charge in [0.25, 0.3) is 0 Å². The summed E-state index contributed by atoms with van der Waals surface area (Å²) in [6, 6.07) is 8.09. The first kappa shape index (κ1) is 16.0. The van der Waals surface area contributed by atoms with E-state index in [1.54, 1.807) is 0 Å². The van der Waals surface area contributed by atoms with E-state index >= 15 is 0 Å². The van der Waals surface area contributed by atoms with Crippen molar-refractivity contribution in [1.29, 1.82) is 0 Å². The Kier molecular flexibility index (Phi) is 7.56. The predicted octanol–water partition coefficient (Wildman–Crippen LogP) is 2.68. The molecule has 4 heteroatoms. The average Bonchev–Trinajstić information content (AvgIpc) is 2.42. The van der Waals surface area contributed by atoms with Gasteiger partial charge in [-0.05, 0) is 18.6 Å². The zero-order valence-corrected chi connectivity index (χ0v) is 12.2. The van der Waals surface area contributed by atoms with Crippen molar-refractivity contribution in [2.45, 2.75) is 6.92 Å². The Labute approximate surface area is 121 Å². The molecule has 0 aromatic heterocycles. The van der Waals surface area contributed by atoms with Gasteiger partial charge in [-0.1, -0.05) is 30.4 Å². The van der Waals surface area contributed by atoms with Crippen molar-refractivity contribution < 1.29 is 9.47 Å². The molecule has 0 N–H and O–H groups in total. The van der Waals surface area contributed by atoms with Gasteiger partial charge in [0.05, 0.1) is 13.2 Å². The fourth-order valence-electron chi connectivity index (χ4n) is 1.93. The van der Waals surface area contributed by atoms with E-state index in [2.05, 4.69) is 30.0 Å². The molecular weight excluding hydrogens is 262 g/mol. The Morgan fingerprint density at radius 1 is 1.21 bits per heavy atom. The number of rotatable bonds is 5. The molecule has 1 aliphatic heterocycles. The molecule has 0 amide bonds. The maximum atomic E-state index is 5.70. The number of nitrogens with zero attached hydrogens (tertiary/aromatic N) is 1. The van der Waals surface area contributed by atoms with Gasteiger partial charge >= 0.3 is 0 Å². The number of morpholine rings is 1. The Bertz CT molecular complexity index is 389. The third-order valence-corrected chi connectivity index (χ3v) is 3.06. The largest absolute Gasteiger partial charge is 0.489 e. The van der Waals surface area contributed by atoms with Crippen LogP contribution in [0.3, 0.4) is 0 Å². The number of hydrogen-bond acceptors (Lipinski definition) is 3. The van der Waals surface area contributed by atoms with Crippen molar-refractivity contribution in [2.75, 3.05) is 39.5 Å². The summed E-state index contributed by atoms with van der Waals surface area (Å²) in [5.41, 5.74) is 1.18. The molecule has 0 spiro atoms. The molecule has 0 bridgehead atoms. The van der Waals surface area contributed by atoms with E-state index in [1.165, 1.54) is 5.56 Å². The maximum Gasteiger partial charge on any atom is 0.122 e. The lowest BCUT2D eigenvalue weighted by Gasteiger charge is -2.25. The van der Waals surface area contributed by atoms with Crippen LogP contribution in [0.5, 0.6) is 5.75 Å². The van der Waals surface area contributed by atoms with E-state index in [9.17, 15) is 0 Å². The highest BCUT2D eigenvalue weighted by molar-refractivity contribution is 5.85. The van der Waals surface area contributed by atoms with Crippen LogP contribution in [0.2, 0.25) is 0 Å². The second kappa shape index (κ2) is 8.97. The van der Waals surface area contributed by atoms with E-state index in [-0.39, 0.29) is 12.4 Å². The summed E-state index contributed by atoms with van der Waals surface area (Å²) < 4.78 is 11.0. The molecule has 1 heterocycles. The van der Waals surface area contributed by atoms with Crippen LogP contribution in [0.1, 0.15) is 5.56 Å². The molecule has 106 valence electrons. The minimum atomic E-state index is 0. The molecule has 1 fully saturated rings. The molecule has 0 aliphatic carbocycles. The molecular formula is C15H22ClNO2. The maximum absolute atomic E-state index is 5.70. The van der Waals surface area contributed by atoms with Gasteiger partial charge in [-0.25, -0.2) is 0 Å². The summed E-state index contributed by atoms with van der Waals surface area (Å²) >= 11 is 0. The lowest BCUT2D eigenvalue weighted by molar-refractivity contribution is 0.0434. The summed E-state index contributed by atoms with van der Waals surface area (Å²) in [5, 5.41) is 0. The van der Waals surface area contributed by atoms with Crippen molar-refractivity contribution in [3.8, 4) is 5.75 Å². The van der Waals surface area contributed by atoms with Crippen molar-refractivity contribution >= 4 is 12.4 Å². The van der Waals surface area contributed by atoms with Crippen molar-refractivity contribution in [1.82, 2.24) is 4.90 Å². The SMILES string of the molecule is Cc1ccccc1OCC=CCN1CCOCC1.Cl. The summed E-state index contributed by atoms with van der Waals surface area (Å²) in [6.45, 7) is 7.45. The molecule has 3 nitrogen and oxygen atoms in total. The van der Waals surface area contributed by atoms with E-state index in [0.29, 0.717) is 6.61 Å². The standard InChI is InChI=1S/C15H21NO2.ClH/c1-14-6-2-3-7-15(14)18-11-5-4-8-16-9-12-17-13-10-16;/h2-7H,8-13H2,1H3;1H. The molecule has 1 aromatic rings. The highest BCUT2D eigenvalue weighted by Crippen LogP contribution is 2.15. The molecule has 0 unspecified atom stereocenters. The number of para-hydroxylation sites is 1. The topological polar surface area (TPSA) is 21.7 Å². The molecule has 0 saturated carbocycles. The Balaban J connectivity index is 0.00000180. The number of benzene rings is 1. The highest BCUT2D eigenvalue weighted by Gasteiger charge is 2.07. The second-order valence-electron chi connectivity index (χ2n) is 4.46. The van der Waals surface area contributed by atoms with Gasteiger partial charge in [-0.3, -0.25) is 4.90 Å². The Morgan fingerprint density at radius 3 is 2.68 bits per heavy atom. The molecule has 1 aliphatic rings. The zero-order valence-electron chi connectivity index (χ0n) is 11.4. The molecule has 19 heavy (non-hydrogen) atoms. The van der Waals surface area contributed by atoms with Crippen molar-refractivity contribution in [3.63, 3.8) is 0 Å². The number of aryl methyl sites for hydroxylation is 1. The van der Waals surface area contributed by atoms with Crippen LogP contribution in [-0.4, -0.2) is 44.4 Å². The summed E-state index contributed by atoms with van der Waals surface area (Å²) in [4.78, 5) is 2.38. The third kappa shape index (κ3) is 5.64. The molecule has 1 saturated heterocycles. The number of hydrogen-bond donors (Lipinski definition) is 0. The lowest BCUT2D eigenvalue weighted by atomic mass is 10.2. The minimum Gasteiger partial charge on any atom is -0.489 e. The quantitative estimate of drug-likeness (QED) is 0.776. The van der Waals surface area contributed by atoms with Crippen LogP contribution in [-0.2, 0) is 4.74 Å². The van der Waals surface area contributed by atoms with E-state index in [4.69, 9.17) is 9.47 Å². The van der Waals surface area contributed by atoms with Gasteiger partial charge in [-0.15, -0.1) is 12.4 Å². The Morgan fingerprint density at radius 2 is 1.95 bits per heavy atom. The fraction of sp³-hybridized carbons (Fsp3) is 0.467. The lowest BCUT2D eigenvalue weighted by Crippen LogP contribution is -2.36. The van der Waals surface area contributed by atoms with Crippen LogP contribution >= 0.6 is 12.4 Å².